The first-order valence-electron chi connectivity index (χ1n) is 5.04. The van der Waals surface area contributed by atoms with Crippen LogP contribution >= 0.6 is 11.6 Å². The molecule has 6 N–H and O–H groups in total. The summed E-state index contributed by atoms with van der Waals surface area (Å²) >= 11 is 6.09. The van der Waals surface area contributed by atoms with Crippen LogP contribution in [0.2, 0.25) is 5.02 Å². The number of aliphatic imine (C=N–C) groups is 2. The Morgan fingerprint density at radius 1 is 1.22 bits per heavy atom. The zero-order valence-corrected chi connectivity index (χ0v) is 10.1. The van der Waals surface area contributed by atoms with Gasteiger partial charge in [-0.3, -0.25) is 4.98 Å². The van der Waals surface area contributed by atoms with Crippen LogP contribution in [0.5, 0.6) is 0 Å². The van der Waals surface area contributed by atoms with Crippen LogP contribution in [-0.2, 0) is 0 Å². The molecule has 0 aliphatic rings. The van der Waals surface area contributed by atoms with Crippen molar-refractivity contribution >= 4 is 40.1 Å². The molecule has 0 aliphatic carbocycles. The van der Waals surface area contributed by atoms with E-state index in [0.29, 0.717) is 16.2 Å². The van der Waals surface area contributed by atoms with Gasteiger partial charge >= 0.3 is 0 Å². The van der Waals surface area contributed by atoms with Gasteiger partial charge in [0.25, 0.3) is 0 Å². The zero-order chi connectivity index (χ0) is 13.1. The summed E-state index contributed by atoms with van der Waals surface area (Å²) in [5.74, 6) is -0.181. The number of guanidine groups is 2. The van der Waals surface area contributed by atoms with Gasteiger partial charge in [-0.05, 0) is 18.2 Å². The molecule has 0 saturated heterocycles. The topological polar surface area (TPSA) is 116 Å². The van der Waals surface area contributed by atoms with Crippen LogP contribution in [0.3, 0.4) is 0 Å². The summed E-state index contributed by atoms with van der Waals surface area (Å²) < 4.78 is 0. The highest BCUT2D eigenvalue weighted by Crippen LogP contribution is 2.27. The van der Waals surface area contributed by atoms with Crippen LogP contribution in [0.1, 0.15) is 0 Å². The van der Waals surface area contributed by atoms with Gasteiger partial charge in [-0.25, -0.2) is 4.99 Å². The Bertz CT molecular complexity index is 645. The Morgan fingerprint density at radius 3 is 2.72 bits per heavy atom. The van der Waals surface area contributed by atoms with E-state index in [2.05, 4.69) is 15.0 Å². The zero-order valence-electron chi connectivity index (χ0n) is 9.34. The third-order valence-corrected chi connectivity index (χ3v) is 2.42. The first kappa shape index (κ1) is 12.1. The molecule has 0 aliphatic heterocycles. The van der Waals surface area contributed by atoms with Gasteiger partial charge < -0.3 is 17.2 Å². The summed E-state index contributed by atoms with van der Waals surface area (Å²) in [6.45, 7) is 0. The monoisotopic (exact) mass is 262 g/mol. The highest BCUT2D eigenvalue weighted by Gasteiger charge is 2.03. The van der Waals surface area contributed by atoms with E-state index in [1.807, 2.05) is 12.1 Å². The molecule has 0 fully saturated rings. The molecule has 0 atom stereocenters. The summed E-state index contributed by atoms with van der Waals surface area (Å²) in [6.07, 6.45) is 1.67. The van der Waals surface area contributed by atoms with E-state index in [9.17, 15) is 0 Å². The molecule has 0 bridgehead atoms. The summed E-state index contributed by atoms with van der Waals surface area (Å²) in [5.41, 5.74) is 17.2. The van der Waals surface area contributed by atoms with Crippen molar-refractivity contribution < 1.29 is 0 Å². The lowest BCUT2D eigenvalue weighted by atomic mass is 10.2. The first-order chi connectivity index (χ1) is 8.56. The minimum atomic E-state index is -0.148. The molecular formula is C11H11ClN6. The van der Waals surface area contributed by atoms with Gasteiger partial charge in [0.05, 0.1) is 16.2 Å². The average molecular weight is 263 g/mol. The number of hydrogen-bond donors (Lipinski definition) is 3. The SMILES string of the molecule is NC(N)=NC(N)=Nc1cc(Cl)c2ncccc2c1. The minimum absolute atomic E-state index is 0.0330. The standard InChI is InChI=1S/C11H11ClN6/c12-8-5-7(17-11(15)18-10(13)14)4-6-2-1-3-16-9(6)8/h1-5H,(H6,13,14,15,17,18). The summed E-state index contributed by atoms with van der Waals surface area (Å²) in [7, 11) is 0. The van der Waals surface area contributed by atoms with E-state index in [1.165, 1.54) is 0 Å². The van der Waals surface area contributed by atoms with E-state index in [1.54, 1.807) is 18.3 Å². The minimum Gasteiger partial charge on any atom is -0.370 e. The fourth-order valence-electron chi connectivity index (χ4n) is 1.49. The van der Waals surface area contributed by atoms with Gasteiger partial charge in [0.2, 0.25) is 5.96 Å². The summed E-state index contributed by atoms with van der Waals surface area (Å²) in [6, 6.07) is 7.13. The third kappa shape index (κ3) is 2.67. The number of pyridine rings is 1. The second-order valence-corrected chi connectivity index (χ2v) is 3.92. The van der Waals surface area contributed by atoms with Gasteiger partial charge in [-0.2, -0.15) is 4.99 Å². The molecule has 0 saturated carbocycles. The Morgan fingerprint density at radius 2 is 2.00 bits per heavy atom. The van der Waals surface area contributed by atoms with Crippen molar-refractivity contribution in [2.24, 2.45) is 27.2 Å². The Balaban J connectivity index is 2.50. The Hall–Kier alpha value is -2.34. The molecule has 1 heterocycles. The van der Waals surface area contributed by atoms with Gasteiger partial charge in [-0.1, -0.05) is 17.7 Å². The van der Waals surface area contributed by atoms with E-state index in [4.69, 9.17) is 28.8 Å². The van der Waals surface area contributed by atoms with Gasteiger partial charge in [0, 0.05) is 11.6 Å². The van der Waals surface area contributed by atoms with E-state index >= 15 is 0 Å². The number of nitrogens with two attached hydrogens (primary N) is 3. The lowest BCUT2D eigenvalue weighted by Crippen LogP contribution is -2.26. The van der Waals surface area contributed by atoms with Crippen LogP contribution in [0, 0.1) is 0 Å². The smallest absolute Gasteiger partial charge is 0.223 e. The van der Waals surface area contributed by atoms with Crippen LogP contribution in [0.4, 0.5) is 5.69 Å². The van der Waals surface area contributed by atoms with Crippen molar-refractivity contribution in [1.29, 1.82) is 0 Å². The van der Waals surface area contributed by atoms with Crippen molar-refractivity contribution in [3.63, 3.8) is 0 Å². The highest BCUT2D eigenvalue weighted by atomic mass is 35.5. The number of rotatable bonds is 1. The van der Waals surface area contributed by atoms with Crippen LogP contribution < -0.4 is 17.2 Å². The molecule has 18 heavy (non-hydrogen) atoms. The van der Waals surface area contributed by atoms with Crippen molar-refractivity contribution in [2.45, 2.75) is 0 Å². The molecule has 7 heteroatoms. The molecule has 0 unspecified atom stereocenters. The third-order valence-electron chi connectivity index (χ3n) is 2.13. The van der Waals surface area contributed by atoms with Crippen LogP contribution in [0.25, 0.3) is 10.9 Å². The molecule has 92 valence electrons. The number of benzene rings is 1. The average Bonchev–Trinajstić information content (AvgIpc) is 2.27. The molecule has 0 amide bonds. The van der Waals surface area contributed by atoms with E-state index < -0.39 is 0 Å². The van der Waals surface area contributed by atoms with Crippen molar-refractivity contribution in [3.05, 3.63) is 35.5 Å². The predicted octanol–water partition coefficient (Wildman–Crippen LogP) is 1.11. The van der Waals surface area contributed by atoms with Gasteiger partial charge in [0.15, 0.2) is 5.96 Å². The molecular weight excluding hydrogens is 252 g/mol. The Kier molecular flexibility index (Phi) is 3.29. The lowest BCUT2D eigenvalue weighted by molar-refractivity contribution is 1.37. The van der Waals surface area contributed by atoms with Gasteiger partial charge in [0.1, 0.15) is 0 Å². The molecule has 0 spiro atoms. The van der Waals surface area contributed by atoms with Gasteiger partial charge in [-0.15, -0.1) is 0 Å². The second kappa shape index (κ2) is 4.89. The number of fused-ring (bicyclic) bond motifs is 1. The van der Waals surface area contributed by atoms with Crippen molar-refractivity contribution in [3.8, 4) is 0 Å². The van der Waals surface area contributed by atoms with E-state index in [-0.39, 0.29) is 11.9 Å². The molecule has 1 aromatic heterocycles. The molecule has 6 nitrogen and oxygen atoms in total. The maximum absolute atomic E-state index is 6.09. The number of nitrogens with zero attached hydrogens (tertiary/aromatic N) is 3. The molecule has 0 radical (unpaired) electrons. The lowest BCUT2D eigenvalue weighted by Gasteiger charge is -2.02. The van der Waals surface area contributed by atoms with E-state index in [0.717, 1.165) is 5.39 Å². The van der Waals surface area contributed by atoms with Crippen LogP contribution in [0.15, 0.2) is 40.4 Å². The quantitative estimate of drug-likeness (QED) is 0.527. The van der Waals surface area contributed by atoms with Crippen molar-refractivity contribution in [1.82, 2.24) is 4.98 Å². The summed E-state index contributed by atoms with van der Waals surface area (Å²) in [5, 5.41) is 1.35. The van der Waals surface area contributed by atoms with Crippen LogP contribution in [-0.4, -0.2) is 16.9 Å². The fourth-order valence-corrected chi connectivity index (χ4v) is 1.76. The normalized spacial score (nSPS) is 11.5. The Labute approximate surface area is 108 Å². The summed E-state index contributed by atoms with van der Waals surface area (Å²) in [4.78, 5) is 11.8. The maximum atomic E-state index is 6.09. The largest absolute Gasteiger partial charge is 0.370 e. The molecule has 2 aromatic rings. The number of aromatic nitrogens is 1. The first-order valence-corrected chi connectivity index (χ1v) is 5.42. The second-order valence-electron chi connectivity index (χ2n) is 3.51. The molecule has 2 rings (SSSR count). The number of hydrogen-bond acceptors (Lipinski definition) is 2. The number of halogens is 1. The highest BCUT2D eigenvalue weighted by molar-refractivity contribution is 6.35. The fraction of sp³-hybridized carbons (Fsp3) is 0. The molecule has 1 aromatic carbocycles. The predicted molar refractivity (Wildman–Crippen MR) is 73.8 cm³/mol. The van der Waals surface area contributed by atoms with Crippen molar-refractivity contribution in [2.75, 3.05) is 0 Å². The maximum Gasteiger partial charge on any atom is 0.223 e.